The van der Waals surface area contributed by atoms with Gasteiger partial charge in [0.05, 0.1) is 11.1 Å². The first-order valence-corrected chi connectivity index (χ1v) is 8.92. The van der Waals surface area contributed by atoms with Crippen molar-refractivity contribution in [1.82, 2.24) is 0 Å². The van der Waals surface area contributed by atoms with Crippen LogP contribution in [0.3, 0.4) is 0 Å². The lowest BCUT2D eigenvalue weighted by Crippen LogP contribution is -2.28. The smallest absolute Gasteiger partial charge is 0.493 e. The van der Waals surface area contributed by atoms with Crippen LogP contribution in [-0.4, -0.2) is 20.5 Å². The molecule has 0 unspecified atom stereocenters. The molecule has 0 amide bonds. The second-order valence-corrected chi connectivity index (χ2v) is 7.36. The van der Waals surface area contributed by atoms with Crippen LogP contribution >= 0.6 is 15.9 Å². The summed E-state index contributed by atoms with van der Waals surface area (Å²) in [5.74, 6) is 0.0846. The van der Waals surface area contributed by atoms with Gasteiger partial charge in [-0.15, -0.1) is 0 Å². The fourth-order valence-electron chi connectivity index (χ4n) is 2.07. The highest BCUT2D eigenvalue weighted by atomic mass is 79.9. The summed E-state index contributed by atoms with van der Waals surface area (Å²) in [6.07, 6.45) is 3.91. The third-order valence-corrected chi connectivity index (χ3v) is 5.12. The van der Waals surface area contributed by atoms with E-state index in [4.69, 9.17) is 4.74 Å². The van der Waals surface area contributed by atoms with Crippen molar-refractivity contribution in [3.8, 4) is 11.5 Å². The zero-order valence-electron chi connectivity index (χ0n) is 12.1. The Morgan fingerprint density at radius 3 is 2.61 bits per heavy atom. The number of alkyl halides is 3. The number of hydrogen-bond donors (Lipinski definition) is 0. The lowest BCUT2D eigenvalue weighted by Gasteiger charge is -2.16. The maximum atomic E-state index is 12.4. The van der Waals surface area contributed by atoms with Crippen LogP contribution in [0, 0.1) is 0 Å². The summed E-state index contributed by atoms with van der Waals surface area (Å²) in [6.45, 7) is 2.40. The van der Waals surface area contributed by atoms with Crippen LogP contribution in [0.1, 0.15) is 25.3 Å². The van der Waals surface area contributed by atoms with Crippen LogP contribution in [0.2, 0.25) is 0 Å². The van der Waals surface area contributed by atoms with Crippen molar-refractivity contribution in [1.29, 1.82) is 0 Å². The second-order valence-electron chi connectivity index (χ2n) is 5.03. The van der Waals surface area contributed by atoms with E-state index < -0.39 is 21.4 Å². The molecule has 9 heteroatoms. The molecular weight excluding hydrogens is 401 g/mol. The van der Waals surface area contributed by atoms with Crippen molar-refractivity contribution >= 4 is 26.0 Å². The Balaban J connectivity index is 2.37. The summed E-state index contributed by atoms with van der Waals surface area (Å²) in [5.41, 5.74) is -3.75. The number of ether oxygens (including phenoxy) is 1. The maximum absolute atomic E-state index is 12.4. The Morgan fingerprint density at radius 1 is 1.26 bits per heavy atom. The van der Waals surface area contributed by atoms with Gasteiger partial charge in [0, 0.05) is 12.0 Å². The van der Waals surface area contributed by atoms with Crippen molar-refractivity contribution in [2.75, 3.05) is 6.61 Å². The van der Waals surface area contributed by atoms with E-state index in [-0.39, 0.29) is 4.47 Å². The predicted molar refractivity (Wildman–Crippen MR) is 81.9 cm³/mol. The molecule has 0 fully saturated rings. The molecule has 2 rings (SSSR count). The van der Waals surface area contributed by atoms with Crippen molar-refractivity contribution in [3.63, 3.8) is 0 Å². The molecular formula is C14H14BrF3O4S. The maximum Gasteiger partial charge on any atom is 0.534 e. The van der Waals surface area contributed by atoms with Crippen molar-refractivity contribution < 1.29 is 30.5 Å². The van der Waals surface area contributed by atoms with E-state index in [1.807, 2.05) is 13.0 Å². The first-order chi connectivity index (χ1) is 10.6. The lowest BCUT2D eigenvalue weighted by atomic mass is 10.1. The molecule has 0 radical (unpaired) electrons. The topological polar surface area (TPSA) is 52.6 Å². The van der Waals surface area contributed by atoms with Gasteiger partial charge in [0.25, 0.3) is 0 Å². The van der Waals surface area contributed by atoms with Gasteiger partial charge in [0.15, 0.2) is 5.75 Å². The Labute approximate surface area is 140 Å². The number of rotatable bonds is 2. The molecule has 0 N–H and O–H groups in total. The molecule has 0 spiro atoms. The molecule has 1 heterocycles. The molecule has 1 aliphatic rings. The molecule has 4 nitrogen and oxygen atoms in total. The lowest BCUT2D eigenvalue weighted by molar-refractivity contribution is -0.0500. The molecule has 0 saturated carbocycles. The van der Waals surface area contributed by atoms with E-state index in [9.17, 15) is 21.6 Å². The summed E-state index contributed by atoms with van der Waals surface area (Å²) >= 11 is 3.13. The summed E-state index contributed by atoms with van der Waals surface area (Å²) < 4.78 is 69.6. The molecule has 0 bridgehead atoms. The standard InChI is InChI=1S/C14H14BrF3O4S/c1-9-3-2-4-10-11(21-8-7-9)5-6-12(13(10)15)22-23(19,20)14(16,17)18/h3,5-6H,2,4,7-8H2,1H3/b9-3-. The zero-order chi connectivity index (χ0) is 17.3. The van der Waals surface area contributed by atoms with Gasteiger partial charge in [-0.05, 0) is 47.8 Å². The first-order valence-electron chi connectivity index (χ1n) is 6.72. The summed E-state index contributed by atoms with van der Waals surface area (Å²) in [4.78, 5) is 0. The quantitative estimate of drug-likeness (QED) is 0.410. The number of hydrogen-bond acceptors (Lipinski definition) is 4. The first kappa shape index (κ1) is 18.1. The highest BCUT2D eigenvalue weighted by Gasteiger charge is 2.48. The average molecular weight is 415 g/mol. The predicted octanol–water partition coefficient (Wildman–Crippen LogP) is 4.34. The van der Waals surface area contributed by atoms with Gasteiger partial charge in [0.1, 0.15) is 5.75 Å². The number of allylic oxidation sites excluding steroid dienone is 1. The van der Waals surface area contributed by atoms with Gasteiger partial charge in [0.2, 0.25) is 0 Å². The summed E-state index contributed by atoms with van der Waals surface area (Å²) in [6, 6.07) is 2.56. The summed E-state index contributed by atoms with van der Waals surface area (Å²) in [7, 11) is -5.71. The molecule has 0 aromatic heterocycles. The van der Waals surface area contributed by atoms with Gasteiger partial charge in [-0.2, -0.15) is 21.6 Å². The molecule has 0 aliphatic carbocycles. The minimum absolute atomic E-state index is 0.149. The Bertz CT molecular complexity index is 726. The van der Waals surface area contributed by atoms with Crippen molar-refractivity contribution in [2.45, 2.75) is 31.7 Å². The van der Waals surface area contributed by atoms with E-state index in [1.165, 1.54) is 6.07 Å². The number of halogens is 4. The molecule has 0 saturated heterocycles. The molecule has 1 aromatic carbocycles. The van der Waals surface area contributed by atoms with Crippen molar-refractivity contribution in [2.24, 2.45) is 0 Å². The second kappa shape index (κ2) is 6.72. The van der Waals surface area contributed by atoms with E-state index in [2.05, 4.69) is 20.1 Å². The monoisotopic (exact) mass is 414 g/mol. The zero-order valence-corrected chi connectivity index (χ0v) is 14.5. The van der Waals surface area contributed by atoms with Crippen LogP contribution in [0.4, 0.5) is 13.2 Å². The third-order valence-electron chi connectivity index (χ3n) is 3.29. The van der Waals surface area contributed by atoms with E-state index in [0.29, 0.717) is 30.8 Å². The van der Waals surface area contributed by atoms with Crippen LogP contribution in [0.25, 0.3) is 0 Å². The molecule has 1 aliphatic heterocycles. The van der Waals surface area contributed by atoms with Gasteiger partial charge in [-0.3, -0.25) is 0 Å². The van der Waals surface area contributed by atoms with Crippen LogP contribution < -0.4 is 8.92 Å². The van der Waals surface area contributed by atoms with Crippen LogP contribution in [-0.2, 0) is 16.5 Å². The van der Waals surface area contributed by atoms with Crippen LogP contribution in [0.5, 0.6) is 11.5 Å². The molecule has 1 aromatic rings. The SMILES string of the molecule is C/C1=C/CCc2c(ccc(OS(=O)(=O)C(F)(F)F)c2Br)OCC1. The molecule has 128 valence electrons. The van der Waals surface area contributed by atoms with E-state index in [1.54, 1.807) is 0 Å². The normalized spacial score (nSPS) is 18.6. The van der Waals surface area contributed by atoms with E-state index >= 15 is 0 Å². The summed E-state index contributed by atoms with van der Waals surface area (Å²) in [5, 5.41) is 0. The minimum atomic E-state index is -5.71. The third kappa shape index (κ3) is 4.20. The van der Waals surface area contributed by atoms with Gasteiger partial charge >= 0.3 is 15.6 Å². The highest BCUT2D eigenvalue weighted by Crippen LogP contribution is 2.39. The van der Waals surface area contributed by atoms with Gasteiger partial charge in [-0.1, -0.05) is 11.6 Å². The minimum Gasteiger partial charge on any atom is -0.493 e. The number of fused-ring (bicyclic) bond motifs is 1. The largest absolute Gasteiger partial charge is 0.534 e. The Morgan fingerprint density at radius 2 is 1.96 bits per heavy atom. The van der Waals surface area contributed by atoms with Gasteiger partial charge in [-0.25, -0.2) is 0 Å². The highest BCUT2D eigenvalue weighted by molar-refractivity contribution is 9.10. The Hall–Kier alpha value is -1.22. The van der Waals surface area contributed by atoms with E-state index in [0.717, 1.165) is 18.1 Å². The van der Waals surface area contributed by atoms with Crippen molar-refractivity contribution in [3.05, 3.63) is 33.8 Å². The number of benzene rings is 1. The molecule has 23 heavy (non-hydrogen) atoms. The van der Waals surface area contributed by atoms with Gasteiger partial charge < -0.3 is 8.92 Å². The van der Waals surface area contributed by atoms with Crippen LogP contribution in [0.15, 0.2) is 28.3 Å². The fraction of sp³-hybridized carbons (Fsp3) is 0.429. The Kier molecular flexibility index (Phi) is 5.30. The average Bonchev–Trinajstić information content (AvgIpc) is 2.51. The molecule has 0 atom stereocenters. The fourth-order valence-corrected chi connectivity index (χ4v) is 3.25.